The molecule has 1 fully saturated rings. The van der Waals surface area contributed by atoms with Crippen molar-refractivity contribution in [1.82, 2.24) is 15.5 Å². The van der Waals surface area contributed by atoms with Crippen molar-refractivity contribution in [3.05, 3.63) is 34.6 Å². The number of rotatable bonds is 4. The molecule has 2 N–H and O–H groups in total. The van der Waals surface area contributed by atoms with E-state index < -0.39 is 0 Å². The van der Waals surface area contributed by atoms with E-state index in [1.807, 2.05) is 0 Å². The summed E-state index contributed by atoms with van der Waals surface area (Å²) in [7, 11) is 0. The third-order valence-electron chi connectivity index (χ3n) is 4.48. The molecule has 2 aliphatic rings. The maximum absolute atomic E-state index is 12.1. The summed E-state index contributed by atoms with van der Waals surface area (Å²) < 4.78 is 0. The lowest BCUT2D eigenvalue weighted by Crippen LogP contribution is -2.48. The fourth-order valence-corrected chi connectivity index (χ4v) is 3.21. The lowest BCUT2D eigenvalue weighted by Gasteiger charge is -2.36. The van der Waals surface area contributed by atoms with Crippen molar-refractivity contribution in [2.45, 2.75) is 38.1 Å². The fourth-order valence-electron chi connectivity index (χ4n) is 3.21. The van der Waals surface area contributed by atoms with Crippen LogP contribution in [0.2, 0.25) is 0 Å². The van der Waals surface area contributed by atoms with Crippen molar-refractivity contribution in [2.75, 3.05) is 18.0 Å². The third kappa shape index (κ3) is 3.37. The molecule has 1 atom stereocenters. The molecule has 118 valence electrons. The minimum absolute atomic E-state index is 0.100. The smallest absolute Gasteiger partial charge is 0.264 e. The number of allylic oxidation sites excluding steroid dienone is 2. The second-order valence-corrected chi connectivity index (χ2v) is 6.01. The summed E-state index contributed by atoms with van der Waals surface area (Å²) in [6, 6.07) is 3.49. The number of hydrogen-bond acceptors (Lipinski definition) is 4. The number of amides is 1. The van der Waals surface area contributed by atoms with Gasteiger partial charge in [0.05, 0.1) is 0 Å². The van der Waals surface area contributed by atoms with Crippen LogP contribution in [0.15, 0.2) is 29.1 Å². The first-order valence-corrected chi connectivity index (χ1v) is 7.99. The van der Waals surface area contributed by atoms with Gasteiger partial charge in [-0.25, -0.2) is 5.10 Å². The maximum atomic E-state index is 12.1. The molecular weight excluding hydrogens is 280 g/mol. The van der Waals surface area contributed by atoms with Crippen molar-refractivity contribution in [1.29, 1.82) is 0 Å². The highest BCUT2D eigenvalue weighted by molar-refractivity contribution is 5.79. The molecule has 22 heavy (non-hydrogen) atoms. The van der Waals surface area contributed by atoms with Gasteiger partial charge in [0.2, 0.25) is 5.91 Å². The Labute approximate surface area is 129 Å². The molecule has 1 aliphatic carbocycles. The van der Waals surface area contributed by atoms with Gasteiger partial charge in [0.1, 0.15) is 5.82 Å². The third-order valence-corrected chi connectivity index (χ3v) is 4.48. The Hall–Kier alpha value is -2.11. The van der Waals surface area contributed by atoms with Gasteiger partial charge in [-0.15, -0.1) is 0 Å². The number of hydrogen-bond donors (Lipinski definition) is 2. The van der Waals surface area contributed by atoms with Crippen LogP contribution in [0.25, 0.3) is 0 Å². The van der Waals surface area contributed by atoms with Crippen LogP contribution in [-0.4, -0.2) is 35.2 Å². The monoisotopic (exact) mass is 302 g/mol. The Morgan fingerprint density at radius 1 is 1.32 bits per heavy atom. The normalized spacial score (nSPS) is 22.0. The molecule has 1 amide bonds. The number of H-pyrrole nitrogens is 1. The zero-order chi connectivity index (χ0) is 15.4. The summed E-state index contributed by atoms with van der Waals surface area (Å²) in [5, 5.41) is 9.69. The van der Waals surface area contributed by atoms with E-state index in [1.54, 1.807) is 6.07 Å². The largest absolute Gasteiger partial charge is 0.354 e. The maximum Gasteiger partial charge on any atom is 0.264 e. The highest BCUT2D eigenvalue weighted by Crippen LogP contribution is 2.22. The van der Waals surface area contributed by atoms with Gasteiger partial charge in [-0.2, -0.15) is 5.10 Å². The lowest BCUT2D eigenvalue weighted by atomic mass is 10.0. The van der Waals surface area contributed by atoms with Gasteiger partial charge in [-0.1, -0.05) is 12.2 Å². The highest BCUT2D eigenvalue weighted by Gasteiger charge is 2.26. The topological polar surface area (TPSA) is 78.1 Å². The first kappa shape index (κ1) is 14.8. The molecule has 1 aliphatic heterocycles. The molecular formula is C16H22N4O2. The van der Waals surface area contributed by atoms with Gasteiger partial charge >= 0.3 is 0 Å². The van der Waals surface area contributed by atoms with E-state index in [4.69, 9.17) is 0 Å². The van der Waals surface area contributed by atoms with Crippen LogP contribution in [0, 0.1) is 5.92 Å². The molecule has 6 heteroatoms. The minimum Gasteiger partial charge on any atom is -0.354 e. The zero-order valence-corrected chi connectivity index (χ0v) is 12.6. The Kier molecular flexibility index (Phi) is 4.56. The zero-order valence-electron chi connectivity index (χ0n) is 12.6. The van der Waals surface area contributed by atoms with Crippen LogP contribution in [0.5, 0.6) is 0 Å². The first-order valence-electron chi connectivity index (χ1n) is 7.99. The SMILES string of the molecule is O=C(NCC1CCCCN1c1ccc(=O)[nH]n1)C1CC=CC1. The van der Waals surface area contributed by atoms with Gasteiger partial charge in [-0.05, 0) is 38.2 Å². The molecule has 1 unspecified atom stereocenters. The number of piperidine rings is 1. The van der Waals surface area contributed by atoms with Crippen molar-refractivity contribution in [3.63, 3.8) is 0 Å². The van der Waals surface area contributed by atoms with Gasteiger partial charge in [0, 0.05) is 31.1 Å². The first-order chi connectivity index (χ1) is 10.7. The van der Waals surface area contributed by atoms with Gasteiger partial charge < -0.3 is 10.2 Å². The second kappa shape index (κ2) is 6.77. The summed E-state index contributed by atoms with van der Waals surface area (Å²) in [4.78, 5) is 25.5. The van der Waals surface area contributed by atoms with E-state index in [1.165, 1.54) is 6.07 Å². The van der Waals surface area contributed by atoms with Crippen molar-refractivity contribution in [2.24, 2.45) is 5.92 Å². The molecule has 1 saturated heterocycles. The minimum atomic E-state index is -0.195. The molecule has 0 spiro atoms. The molecule has 0 aromatic carbocycles. The molecule has 0 bridgehead atoms. The number of carbonyl (C=O) groups excluding carboxylic acids is 1. The summed E-state index contributed by atoms with van der Waals surface area (Å²) in [5.41, 5.74) is -0.195. The van der Waals surface area contributed by atoms with Crippen LogP contribution in [0.3, 0.4) is 0 Å². The van der Waals surface area contributed by atoms with Crippen molar-refractivity contribution < 1.29 is 4.79 Å². The van der Waals surface area contributed by atoms with E-state index in [0.717, 1.165) is 44.5 Å². The van der Waals surface area contributed by atoms with E-state index in [9.17, 15) is 9.59 Å². The van der Waals surface area contributed by atoms with Crippen LogP contribution in [0.4, 0.5) is 5.82 Å². The van der Waals surface area contributed by atoms with E-state index >= 15 is 0 Å². The van der Waals surface area contributed by atoms with E-state index in [0.29, 0.717) is 6.54 Å². The fraction of sp³-hybridized carbons (Fsp3) is 0.562. The van der Waals surface area contributed by atoms with Gasteiger partial charge in [0.25, 0.3) is 5.56 Å². The van der Waals surface area contributed by atoms with Crippen LogP contribution < -0.4 is 15.8 Å². The quantitative estimate of drug-likeness (QED) is 0.820. The Morgan fingerprint density at radius 3 is 2.86 bits per heavy atom. The van der Waals surface area contributed by atoms with Gasteiger partial charge in [-0.3, -0.25) is 9.59 Å². The number of aromatic amines is 1. The molecule has 0 saturated carbocycles. The lowest BCUT2D eigenvalue weighted by molar-refractivity contribution is -0.124. The summed E-state index contributed by atoms with van der Waals surface area (Å²) in [6.45, 7) is 1.54. The van der Waals surface area contributed by atoms with Crippen LogP contribution in [0.1, 0.15) is 32.1 Å². The number of carbonyl (C=O) groups is 1. The van der Waals surface area contributed by atoms with Crippen LogP contribution >= 0.6 is 0 Å². The average molecular weight is 302 g/mol. The van der Waals surface area contributed by atoms with E-state index in [-0.39, 0.29) is 23.4 Å². The Balaban J connectivity index is 1.61. The van der Waals surface area contributed by atoms with Crippen LogP contribution in [-0.2, 0) is 4.79 Å². The molecule has 3 rings (SSSR count). The second-order valence-electron chi connectivity index (χ2n) is 6.01. The molecule has 6 nitrogen and oxygen atoms in total. The number of nitrogens with zero attached hydrogens (tertiary/aromatic N) is 2. The summed E-state index contributed by atoms with van der Waals surface area (Å²) in [5.74, 6) is 1.02. The Morgan fingerprint density at radius 2 is 2.14 bits per heavy atom. The highest BCUT2D eigenvalue weighted by atomic mass is 16.2. The average Bonchev–Trinajstić information content (AvgIpc) is 3.08. The predicted molar refractivity (Wildman–Crippen MR) is 84.7 cm³/mol. The number of anilines is 1. The van der Waals surface area contributed by atoms with Gasteiger partial charge in [0.15, 0.2) is 0 Å². The number of nitrogens with one attached hydrogen (secondary N) is 2. The van der Waals surface area contributed by atoms with Crippen molar-refractivity contribution in [3.8, 4) is 0 Å². The Bertz CT molecular complexity index is 582. The molecule has 1 aromatic rings. The number of aromatic nitrogens is 2. The predicted octanol–water partition coefficient (Wildman–Crippen LogP) is 1.21. The standard InChI is InChI=1S/C16H22N4O2/c21-15-9-8-14(18-19-15)20-10-4-3-7-13(20)11-17-16(22)12-5-1-2-6-12/h1-2,8-9,12-13H,3-7,10-11H2,(H,17,22)(H,19,21). The van der Waals surface area contributed by atoms with E-state index in [2.05, 4.69) is 32.6 Å². The molecule has 1 aromatic heterocycles. The molecule has 2 heterocycles. The summed E-state index contributed by atoms with van der Waals surface area (Å²) >= 11 is 0. The molecule has 0 radical (unpaired) electrons. The van der Waals surface area contributed by atoms with Crippen molar-refractivity contribution >= 4 is 11.7 Å². The summed E-state index contributed by atoms with van der Waals surface area (Å²) in [6.07, 6.45) is 9.14.